The second kappa shape index (κ2) is 6.57. The highest BCUT2D eigenvalue weighted by atomic mass is 32.2. The lowest BCUT2D eigenvalue weighted by atomic mass is 9.94. The van der Waals surface area contributed by atoms with Gasteiger partial charge in [0.1, 0.15) is 0 Å². The Bertz CT molecular complexity index is 280. The van der Waals surface area contributed by atoms with Crippen LogP contribution in [0.1, 0.15) is 47.0 Å². The minimum Gasteiger partial charge on any atom is -0.393 e. The predicted octanol–water partition coefficient (Wildman–Crippen LogP) is 1.50. The summed E-state index contributed by atoms with van der Waals surface area (Å²) in [5, 5.41) is 9.28. The van der Waals surface area contributed by atoms with Crippen molar-refractivity contribution in [1.82, 2.24) is 4.72 Å². The molecule has 0 fully saturated rings. The van der Waals surface area contributed by atoms with Gasteiger partial charge in [-0.2, -0.15) is 0 Å². The molecule has 0 aromatic carbocycles. The lowest BCUT2D eigenvalue weighted by Gasteiger charge is -2.18. The zero-order chi connectivity index (χ0) is 12.8. The zero-order valence-corrected chi connectivity index (χ0v) is 11.6. The van der Waals surface area contributed by atoms with Crippen LogP contribution >= 0.6 is 0 Å². The number of hydrogen-bond donors (Lipinski definition) is 2. The van der Waals surface area contributed by atoms with Gasteiger partial charge < -0.3 is 5.11 Å². The molecule has 0 aromatic rings. The molecule has 5 heteroatoms. The maximum absolute atomic E-state index is 11.6. The fourth-order valence-electron chi connectivity index (χ4n) is 1.10. The fraction of sp³-hybridized carbons (Fsp3) is 1.00. The van der Waals surface area contributed by atoms with Gasteiger partial charge in [0.15, 0.2) is 0 Å². The monoisotopic (exact) mass is 251 g/mol. The normalized spacial score (nSPS) is 15.1. The lowest BCUT2D eigenvalue weighted by Crippen LogP contribution is -2.30. The van der Waals surface area contributed by atoms with Gasteiger partial charge in [0.25, 0.3) is 0 Å². The molecule has 4 nitrogen and oxygen atoms in total. The minimum absolute atomic E-state index is 0.0255. The molecule has 0 saturated carbocycles. The summed E-state index contributed by atoms with van der Waals surface area (Å²) in [6, 6.07) is 0. The quantitative estimate of drug-likeness (QED) is 0.720. The summed E-state index contributed by atoms with van der Waals surface area (Å²) in [4.78, 5) is 0. The molecule has 98 valence electrons. The molecule has 0 amide bonds. The highest BCUT2D eigenvalue weighted by Gasteiger charge is 2.17. The first-order chi connectivity index (χ1) is 7.16. The summed E-state index contributed by atoms with van der Waals surface area (Å²) in [5.41, 5.74) is 0.0255. The predicted molar refractivity (Wildman–Crippen MR) is 66.8 cm³/mol. The van der Waals surface area contributed by atoms with E-state index in [0.717, 1.165) is 0 Å². The number of hydrogen-bond acceptors (Lipinski definition) is 3. The van der Waals surface area contributed by atoms with Crippen LogP contribution < -0.4 is 4.72 Å². The van der Waals surface area contributed by atoms with Gasteiger partial charge in [-0.25, -0.2) is 13.1 Å². The van der Waals surface area contributed by atoms with E-state index >= 15 is 0 Å². The molecule has 0 saturated heterocycles. The molecule has 0 aliphatic heterocycles. The van der Waals surface area contributed by atoms with Gasteiger partial charge in [0.05, 0.1) is 11.9 Å². The van der Waals surface area contributed by atoms with Gasteiger partial charge in [0, 0.05) is 6.54 Å². The molecular formula is C11H25NO3S. The van der Waals surface area contributed by atoms with Crippen LogP contribution in [0.3, 0.4) is 0 Å². The summed E-state index contributed by atoms with van der Waals surface area (Å²) in [6.45, 7) is 8.25. The zero-order valence-electron chi connectivity index (χ0n) is 10.8. The van der Waals surface area contributed by atoms with Crippen molar-refractivity contribution in [3.05, 3.63) is 0 Å². The average molecular weight is 251 g/mol. The van der Waals surface area contributed by atoms with Crippen molar-refractivity contribution >= 4 is 10.0 Å². The van der Waals surface area contributed by atoms with Crippen LogP contribution in [0.2, 0.25) is 0 Å². The molecule has 0 aromatic heterocycles. The second-order valence-corrected chi connectivity index (χ2v) is 7.30. The molecule has 0 radical (unpaired) electrons. The van der Waals surface area contributed by atoms with Crippen molar-refractivity contribution in [2.45, 2.75) is 53.1 Å². The minimum atomic E-state index is -3.18. The lowest BCUT2D eigenvalue weighted by molar-refractivity contribution is 0.162. The molecular weight excluding hydrogens is 226 g/mol. The van der Waals surface area contributed by atoms with E-state index < -0.39 is 16.1 Å². The Hall–Kier alpha value is -0.130. The molecule has 0 aliphatic rings. The van der Waals surface area contributed by atoms with Gasteiger partial charge >= 0.3 is 0 Å². The van der Waals surface area contributed by atoms with Gasteiger partial charge in [-0.05, 0) is 24.7 Å². The van der Waals surface area contributed by atoms with E-state index in [4.69, 9.17) is 0 Å². The molecule has 0 rings (SSSR count). The van der Waals surface area contributed by atoms with E-state index in [9.17, 15) is 13.5 Å². The van der Waals surface area contributed by atoms with E-state index in [1.54, 1.807) is 0 Å². The Morgan fingerprint density at radius 3 is 2.31 bits per heavy atom. The SMILES string of the molecule is CC[C@@H](O)CCNS(=O)(=O)CCC(C)(C)C. The number of aliphatic hydroxyl groups is 1. The smallest absolute Gasteiger partial charge is 0.211 e. The van der Waals surface area contributed by atoms with E-state index in [1.165, 1.54) is 0 Å². The largest absolute Gasteiger partial charge is 0.393 e. The molecule has 16 heavy (non-hydrogen) atoms. The Morgan fingerprint density at radius 2 is 1.88 bits per heavy atom. The Labute approximate surface area is 99.5 Å². The van der Waals surface area contributed by atoms with Crippen molar-refractivity contribution < 1.29 is 13.5 Å². The van der Waals surface area contributed by atoms with Crippen LogP contribution in [-0.4, -0.2) is 31.9 Å². The van der Waals surface area contributed by atoms with E-state index in [-0.39, 0.29) is 11.2 Å². The van der Waals surface area contributed by atoms with Crippen molar-refractivity contribution in [1.29, 1.82) is 0 Å². The first kappa shape index (κ1) is 15.9. The summed E-state index contributed by atoms with van der Waals surface area (Å²) in [7, 11) is -3.18. The van der Waals surface area contributed by atoms with Gasteiger partial charge in [-0.3, -0.25) is 0 Å². The molecule has 0 unspecified atom stereocenters. The number of sulfonamides is 1. The highest BCUT2D eigenvalue weighted by Crippen LogP contribution is 2.18. The van der Waals surface area contributed by atoms with Crippen molar-refractivity contribution in [2.75, 3.05) is 12.3 Å². The molecule has 0 aliphatic carbocycles. The second-order valence-electron chi connectivity index (χ2n) is 5.37. The summed E-state index contributed by atoms with van der Waals surface area (Å²) in [5.74, 6) is 0.152. The molecule has 0 bridgehead atoms. The van der Waals surface area contributed by atoms with Crippen molar-refractivity contribution in [3.63, 3.8) is 0 Å². The first-order valence-corrected chi connectivity index (χ1v) is 7.47. The van der Waals surface area contributed by atoms with Crippen molar-refractivity contribution in [3.8, 4) is 0 Å². The average Bonchev–Trinajstić information content (AvgIpc) is 2.13. The van der Waals surface area contributed by atoms with Crippen LogP contribution in [0, 0.1) is 5.41 Å². The first-order valence-electron chi connectivity index (χ1n) is 5.82. The standard InChI is InChI=1S/C11H25NO3S/c1-5-10(13)6-8-12-16(14,15)9-7-11(2,3)4/h10,12-13H,5-9H2,1-4H3/t10-/m1/s1. The third-order valence-corrected chi connectivity index (χ3v) is 3.78. The molecule has 2 N–H and O–H groups in total. The number of rotatable bonds is 7. The van der Waals surface area contributed by atoms with E-state index in [0.29, 0.717) is 25.8 Å². The fourth-order valence-corrected chi connectivity index (χ4v) is 2.55. The third kappa shape index (κ3) is 9.12. The summed E-state index contributed by atoms with van der Waals surface area (Å²) >= 11 is 0. The topological polar surface area (TPSA) is 66.4 Å². The van der Waals surface area contributed by atoms with Crippen LogP contribution in [0.4, 0.5) is 0 Å². The Morgan fingerprint density at radius 1 is 1.31 bits per heavy atom. The van der Waals surface area contributed by atoms with Gasteiger partial charge in [0.2, 0.25) is 10.0 Å². The highest BCUT2D eigenvalue weighted by molar-refractivity contribution is 7.89. The van der Waals surface area contributed by atoms with Gasteiger partial charge in [-0.1, -0.05) is 27.7 Å². The Kier molecular flexibility index (Phi) is 6.51. The van der Waals surface area contributed by atoms with Gasteiger partial charge in [-0.15, -0.1) is 0 Å². The summed E-state index contributed by atoms with van der Waals surface area (Å²) in [6.07, 6.45) is 1.36. The van der Waals surface area contributed by atoms with Crippen LogP contribution in [-0.2, 0) is 10.0 Å². The van der Waals surface area contributed by atoms with E-state index in [1.807, 2.05) is 27.7 Å². The third-order valence-electron chi connectivity index (χ3n) is 2.39. The van der Waals surface area contributed by atoms with Crippen molar-refractivity contribution in [2.24, 2.45) is 5.41 Å². The number of nitrogens with one attached hydrogen (secondary N) is 1. The van der Waals surface area contributed by atoms with Crippen LogP contribution in [0.25, 0.3) is 0 Å². The number of aliphatic hydroxyl groups excluding tert-OH is 1. The summed E-state index contributed by atoms with van der Waals surface area (Å²) < 4.78 is 25.6. The van der Waals surface area contributed by atoms with Crippen LogP contribution in [0.15, 0.2) is 0 Å². The van der Waals surface area contributed by atoms with Crippen LogP contribution in [0.5, 0.6) is 0 Å². The molecule has 1 atom stereocenters. The maximum atomic E-state index is 11.6. The molecule has 0 spiro atoms. The molecule has 0 heterocycles. The maximum Gasteiger partial charge on any atom is 0.211 e. The van der Waals surface area contributed by atoms with E-state index in [2.05, 4.69) is 4.72 Å². The Balaban J connectivity index is 3.89.